The number of ether oxygens (including phenoxy) is 2. The molecule has 0 amide bonds. The third-order valence-electron chi connectivity index (χ3n) is 3.21. The van der Waals surface area contributed by atoms with Gasteiger partial charge in [-0.2, -0.15) is 0 Å². The van der Waals surface area contributed by atoms with Gasteiger partial charge in [0, 0.05) is 25.8 Å². The Labute approximate surface area is 109 Å². The van der Waals surface area contributed by atoms with Crippen LogP contribution in [0.4, 0.5) is 0 Å². The maximum Gasteiger partial charge on any atom is 0.119 e. The molecule has 100 valence electrons. The van der Waals surface area contributed by atoms with Gasteiger partial charge in [0.25, 0.3) is 0 Å². The van der Waals surface area contributed by atoms with E-state index in [1.54, 1.807) is 0 Å². The highest BCUT2D eigenvalue weighted by atomic mass is 16.5. The van der Waals surface area contributed by atoms with Gasteiger partial charge in [-0.25, -0.2) is 0 Å². The van der Waals surface area contributed by atoms with Crippen molar-refractivity contribution in [2.24, 2.45) is 0 Å². The van der Waals surface area contributed by atoms with Crippen molar-refractivity contribution in [1.82, 2.24) is 5.32 Å². The molecule has 1 N–H and O–H groups in total. The lowest BCUT2D eigenvalue weighted by molar-refractivity contribution is 0.0776. The molecule has 2 rings (SSSR count). The predicted molar refractivity (Wildman–Crippen MR) is 72.9 cm³/mol. The summed E-state index contributed by atoms with van der Waals surface area (Å²) in [6.07, 6.45) is 3.29. The number of rotatable bonds is 6. The summed E-state index contributed by atoms with van der Waals surface area (Å²) in [7, 11) is 0. The Hall–Kier alpha value is -1.06. The van der Waals surface area contributed by atoms with Crippen LogP contribution in [0.1, 0.15) is 31.7 Å². The monoisotopic (exact) mass is 249 g/mol. The first-order chi connectivity index (χ1) is 8.88. The quantitative estimate of drug-likeness (QED) is 0.841. The Balaban J connectivity index is 1.75. The van der Waals surface area contributed by atoms with Crippen molar-refractivity contribution >= 4 is 0 Å². The molecule has 1 saturated heterocycles. The molecule has 1 heterocycles. The van der Waals surface area contributed by atoms with Crippen LogP contribution in [0.25, 0.3) is 0 Å². The molecule has 1 fully saturated rings. The van der Waals surface area contributed by atoms with E-state index in [0.29, 0.717) is 6.04 Å². The van der Waals surface area contributed by atoms with Crippen molar-refractivity contribution < 1.29 is 9.47 Å². The fraction of sp³-hybridized carbons (Fsp3) is 0.600. The summed E-state index contributed by atoms with van der Waals surface area (Å²) < 4.78 is 10.9. The minimum absolute atomic E-state index is 0.606. The average Bonchev–Trinajstić information content (AvgIpc) is 2.45. The first kappa shape index (κ1) is 13.4. The van der Waals surface area contributed by atoms with E-state index < -0.39 is 0 Å². The number of hydrogen-bond donors (Lipinski definition) is 1. The van der Waals surface area contributed by atoms with Crippen molar-refractivity contribution in [3.05, 3.63) is 29.8 Å². The van der Waals surface area contributed by atoms with Gasteiger partial charge >= 0.3 is 0 Å². The van der Waals surface area contributed by atoms with Crippen LogP contribution in [0.15, 0.2) is 24.3 Å². The second-order valence-electron chi connectivity index (χ2n) is 4.76. The Morgan fingerprint density at radius 2 is 1.94 bits per heavy atom. The van der Waals surface area contributed by atoms with E-state index in [0.717, 1.165) is 51.4 Å². The molecule has 0 saturated carbocycles. The molecule has 0 atom stereocenters. The zero-order valence-corrected chi connectivity index (χ0v) is 11.2. The largest absolute Gasteiger partial charge is 0.494 e. The highest BCUT2D eigenvalue weighted by molar-refractivity contribution is 5.27. The summed E-state index contributed by atoms with van der Waals surface area (Å²) in [6, 6.07) is 8.98. The van der Waals surface area contributed by atoms with Crippen molar-refractivity contribution in [2.75, 3.05) is 19.8 Å². The number of benzene rings is 1. The van der Waals surface area contributed by atoms with Crippen LogP contribution in [-0.2, 0) is 11.3 Å². The second kappa shape index (κ2) is 7.39. The van der Waals surface area contributed by atoms with Crippen molar-refractivity contribution in [1.29, 1.82) is 0 Å². The maximum atomic E-state index is 5.57. The Morgan fingerprint density at radius 1 is 1.22 bits per heavy atom. The molecule has 1 aromatic carbocycles. The maximum absolute atomic E-state index is 5.57. The second-order valence-corrected chi connectivity index (χ2v) is 4.76. The minimum Gasteiger partial charge on any atom is -0.494 e. The lowest BCUT2D eigenvalue weighted by atomic mass is 10.1. The average molecular weight is 249 g/mol. The van der Waals surface area contributed by atoms with Crippen LogP contribution in [0.2, 0.25) is 0 Å². The highest BCUT2D eigenvalue weighted by Crippen LogP contribution is 2.13. The summed E-state index contributed by atoms with van der Waals surface area (Å²) in [5, 5.41) is 3.58. The van der Waals surface area contributed by atoms with Crippen LogP contribution in [0.5, 0.6) is 5.75 Å². The molecule has 0 unspecified atom stereocenters. The molecule has 1 aliphatic heterocycles. The summed E-state index contributed by atoms with van der Waals surface area (Å²) in [5.41, 5.74) is 1.31. The van der Waals surface area contributed by atoms with Gasteiger partial charge in [0.1, 0.15) is 5.75 Å². The third kappa shape index (κ3) is 4.31. The molecular weight excluding hydrogens is 226 g/mol. The standard InChI is InChI=1S/C15H23NO2/c1-2-9-18-15-5-3-13(4-6-15)12-16-14-7-10-17-11-8-14/h3-6,14,16H,2,7-12H2,1H3. The molecular formula is C15H23NO2. The first-order valence-electron chi connectivity index (χ1n) is 6.91. The summed E-state index contributed by atoms with van der Waals surface area (Å²) in [4.78, 5) is 0. The molecule has 0 spiro atoms. The summed E-state index contributed by atoms with van der Waals surface area (Å²) >= 11 is 0. The molecule has 0 aliphatic carbocycles. The van der Waals surface area contributed by atoms with E-state index in [4.69, 9.17) is 9.47 Å². The van der Waals surface area contributed by atoms with Gasteiger partial charge in [0.05, 0.1) is 6.61 Å². The lowest BCUT2D eigenvalue weighted by Crippen LogP contribution is -2.34. The molecule has 18 heavy (non-hydrogen) atoms. The molecule has 0 radical (unpaired) electrons. The zero-order valence-electron chi connectivity index (χ0n) is 11.2. The van der Waals surface area contributed by atoms with E-state index in [9.17, 15) is 0 Å². The van der Waals surface area contributed by atoms with E-state index in [2.05, 4.69) is 36.5 Å². The van der Waals surface area contributed by atoms with Gasteiger partial charge in [0.2, 0.25) is 0 Å². The number of nitrogens with one attached hydrogen (secondary N) is 1. The van der Waals surface area contributed by atoms with Gasteiger partial charge in [-0.1, -0.05) is 19.1 Å². The van der Waals surface area contributed by atoms with Crippen molar-refractivity contribution in [3.63, 3.8) is 0 Å². The van der Waals surface area contributed by atoms with Gasteiger partial charge in [-0.15, -0.1) is 0 Å². The minimum atomic E-state index is 0.606. The van der Waals surface area contributed by atoms with E-state index >= 15 is 0 Å². The SMILES string of the molecule is CCCOc1ccc(CNC2CCOCC2)cc1. The van der Waals surface area contributed by atoms with Crippen LogP contribution in [0, 0.1) is 0 Å². The Bertz CT molecular complexity index is 331. The normalized spacial score (nSPS) is 16.7. The summed E-state index contributed by atoms with van der Waals surface area (Å²) in [6.45, 7) is 5.62. The van der Waals surface area contributed by atoms with E-state index in [-0.39, 0.29) is 0 Å². The fourth-order valence-electron chi connectivity index (χ4n) is 2.09. The lowest BCUT2D eigenvalue weighted by Gasteiger charge is -2.23. The van der Waals surface area contributed by atoms with Gasteiger partial charge in [-0.3, -0.25) is 0 Å². The van der Waals surface area contributed by atoms with Crippen LogP contribution >= 0.6 is 0 Å². The zero-order chi connectivity index (χ0) is 12.6. The molecule has 0 aromatic heterocycles. The van der Waals surface area contributed by atoms with E-state index in [1.165, 1.54) is 5.56 Å². The third-order valence-corrected chi connectivity index (χ3v) is 3.21. The van der Waals surface area contributed by atoms with Gasteiger partial charge < -0.3 is 14.8 Å². The van der Waals surface area contributed by atoms with Crippen molar-refractivity contribution in [3.8, 4) is 5.75 Å². The smallest absolute Gasteiger partial charge is 0.119 e. The molecule has 1 aromatic rings. The van der Waals surface area contributed by atoms with Crippen LogP contribution < -0.4 is 10.1 Å². The van der Waals surface area contributed by atoms with Crippen LogP contribution in [0.3, 0.4) is 0 Å². The topological polar surface area (TPSA) is 30.5 Å². The van der Waals surface area contributed by atoms with Gasteiger partial charge in [-0.05, 0) is 37.0 Å². The summed E-state index contributed by atoms with van der Waals surface area (Å²) in [5.74, 6) is 0.965. The molecule has 3 heteroatoms. The fourth-order valence-corrected chi connectivity index (χ4v) is 2.09. The predicted octanol–water partition coefficient (Wildman–Crippen LogP) is 2.74. The first-order valence-corrected chi connectivity index (χ1v) is 6.91. The Morgan fingerprint density at radius 3 is 2.61 bits per heavy atom. The Kier molecular flexibility index (Phi) is 5.49. The molecule has 0 bridgehead atoms. The van der Waals surface area contributed by atoms with E-state index in [1.807, 2.05) is 0 Å². The van der Waals surface area contributed by atoms with Gasteiger partial charge in [0.15, 0.2) is 0 Å². The van der Waals surface area contributed by atoms with Crippen molar-refractivity contribution in [2.45, 2.75) is 38.8 Å². The van der Waals surface area contributed by atoms with Crippen LogP contribution in [-0.4, -0.2) is 25.9 Å². The highest BCUT2D eigenvalue weighted by Gasteiger charge is 2.12. The molecule has 1 aliphatic rings. The molecule has 3 nitrogen and oxygen atoms in total. The number of hydrogen-bond acceptors (Lipinski definition) is 3.